The van der Waals surface area contributed by atoms with E-state index in [1.165, 1.54) is 0 Å². The Morgan fingerprint density at radius 2 is 1.88 bits per heavy atom. The van der Waals surface area contributed by atoms with Gasteiger partial charge >= 0.3 is 0 Å². The predicted octanol–water partition coefficient (Wildman–Crippen LogP) is 3.96. The molecule has 2 aromatic carbocycles. The van der Waals surface area contributed by atoms with Crippen LogP contribution in [0.1, 0.15) is 18.9 Å². The fourth-order valence-corrected chi connectivity index (χ4v) is 3.14. The number of carbonyl (C=O) groups excluding carboxylic acids is 1. The first kappa shape index (κ1) is 17.6. The van der Waals surface area contributed by atoms with Crippen LogP contribution in [0.2, 0.25) is 5.02 Å². The zero-order valence-corrected chi connectivity index (χ0v) is 15.0. The Labute approximate surface area is 153 Å². The Bertz CT molecular complexity index is 734. The van der Waals surface area contributed by atoms with E-state index >= 15 is 0 Å². The van der Waals surface area contributed by atoms with E-state index in [0.29, 0.717) is 37.6 Å². The summed E-state index contributed by atoms with van der Waals surface area (Å²) in [5.41, 5.74) is 1.000. The van der Waals surface area contributed by atoms with E-state index in [1.807, 2.05) is 60.4 Å². The normalized spacial score (nSPS) is 15.7. The van der Waals surface area contributed by atoms with E-state index < -0.39 is 0 Å². The molecule has 0 N–H and O–H groups in total. The maximum Gasteiger partial charge on any atom is 0.223 e. The summed E-state index contributed by atoms with van der Waals surface area (Å²) in [6.07, 6.45) is 0.917. The number of hydrogen-bond acceptors (Lipinski definition) is 3. The smallest absolute Gasteiger partial charge is 0.223 e. The van der Waals surface area contributed by atoms with Crippen LogP contribution < -0.4 is 9.47 Å². The average molecular weight is 360 g/mol. The molecule has 0 saturated carbocycles. The highest BCUT2D eigenvalue weighted by molar-refractivity contribution is 6.31. The van der Waals surface area contributed by atoms with Gasteiger partial charge in [-0.05, 0) is 37.1 Å². The topological polar surface area (TPSA) is 38.8 Å². The van der Waals surface area contributed by atoms with Crippen LogP contribution in [0.3, 0.4) is 0 Å². The molecular formula is C20H22ClNO3. The van der Waals surface area contributed by atoms with Crippen molar-refractivity contribution in [2.45, 2.75) is 25.9 Å². The zero-order chi connectivity index (χ0) is 17.6. The van der Waals surface area contributed by atoms with Gasteiger partial charge in [-0.2, -0.15) is 0 Å². The molecule has 4 nitrogen and oxygen atoms in total. The molecule has 25 heavy (non-hydrogen) atoms. The van der Waals surface area contributed by atoms with Gasteiger partial charge in [-0.25, -0.2) is 0 Å². The summed E-state index contributed by atoms with van der Waals surface area (Å²) in [5.74, 6) is 1.59. The summed E-state index contributed by atoms with van der Waals surface area (Å²) in [6.45, 7) is 3.59. The number of rotatable bonds is 6. The van der Waals surface area contributed by atoms with Gasteiger partial charge in [0.05, 0.1) is 6.54 Å². The second kappa shape index (κ2) is 8.26. The van der Waals surface area contributed by atoms with Crippen molar-refractivity contribution in [3.8, 4) is 11.5 Å². The van der Waals surface area contributed by atoms with E-state index in [0.717, 1.165) is 17.1 Å². The van der Waals surface area contributed by atoms with Crippen molar-refractivity contribution >= 4 is 17.5 Å². The predicted molar refractivity (Wildman–Crippen MR) is 98.4 cm³/mol. The monoisotopic (exact) mass is 359 g/mol. The van der Waals surface area contributed by atoms with Gasteiger partial charge in [0.2, 0.25) is 5.91 Å². The number of nitrogens with zero attached hydrogens (tertiary/aromatic N) is 1. The van der Waals surface area contributed by atoms with Crippen molar-refractivity contribution in [3.05, 3.63) is 59.1 Å². The molecule has 1 heterocycles. The summed E-state index contributed by atoms with van der Waals surface area (Å²) >= 11 is 6.16. The lowest BCUT2D eigenvalue weighted by Gasteiger charge is -2.31. The number of carbonyl (C=O) groups is 1. The summed E-state index contributed by atoms with van der Waals surface area (Å²) < 4.78 is 11.7. The molecule has 0 radical (unpaired) electrons. The van der Waals surface area contributed by atoms with Crippen molar-refractivity contribution in [2.24, 2.45) is 0 Å². The summed E-state index contributed by atoms with van der Waals surface area (Å²) in [7, 11) is 0. The van der Waals surface area contributed by atoms with Gasteiger partial charge in [0.1, 0.15) is 6.61 Å². The van der Waals surface area contributed by atoms with Crippen LogP contribution >= 0.6 is 11.6 Å². The number of hydrogen-bond donors (Lipinski definition) is 0. The van der Waals surface area contributed by atoms with Gasteiger partial charge < -0.3 is 14.4 Å². The molecule has 1 unspecified atom stereocenters. The number of amides is 1. The zero-order valence-electron chi connectivity index (χ0n) is 14.3. The van der Waals surface area contributed by atoms with Gasteiger partial charge in [-0.3, -0.25) is 4.79 Å². The van der Waals surface area contributed by atoms with Gasteiger partial charge in [-0.1, -0.05) is 41.9 Å². The lowest BCUT2D eigenvalue weighted by Crippen LogP contribution is -2.43. The summed E-state index contributed by atoms with van der Waals surface area (Å²) in [6, 6.07) is 15.2. The van der Waals surface area contributed by atoms with Crippen molar-refractivity contribution in [1.82, 2.24) is 4.90 Å². The van der Waals surface area contributed by atoms with Gasteiger partial charge in [0, 0.05) is 18.0 Å². The Hall–Kier alpha value is -2.20. The number of likely N-dealkylation sites (N-methyl/N-ethyl adjacent to an activating group) is 1. The molecule has 132 valence electrons. The van der Waals surface area contributed by atoms with E-state index in [4.69, 9.17) is 21.1 Å². The summed E-state index contributed by atoms with van der Waals surface area (Å²) in [5, 5.41) is 0.707. The first-order valence-electron chi connectivity index (χ1n) is 8.57. The van der Waals surface area contributed by atoms with Crippen LogP contribution in [0, 0.1) is 0 Å². The van der Waals surface area contributed by atoms with Crippen LogP contribution in [0.4, 0.5) is 0 Å². The SMILES string of the molecule is CCN(CC1COc2ccccc2O1)C(=O)CCc1ccccc1Cl. The molecule has 1 aliphatic rings. The second-order valence-corrected chi connectivity index (χ2v) is 6.43. The minimum Gasteiger partial charge on any atom is -0.486 e. The van der Waals surface area contributed by atoms with Gasteiger partial charge in [0.25, 0.3) is 0 Å². The van der Waals surface area contributed by atoms with Crippen molar-refractivity contribution < 1.29 is 14.3 Å². The van der Waals surface area contributed by atoms with E-state index in [-0.39, 0.29) is 12.0 Å². The molecule has 2 aromatic rings. The van der Waals surface area contributed by atoms with Crippen LogP contribution in [0.25, 0.3) is 0 Å². The van der Waals surface area contributed by atoms with Gasteiger partial charge in [-0.15, -0.1) is 0 Å². The highest BCUT2D eigenvalue weighted by atomic mass is 35.5. The molecule has 0 spiro atoms. The molecule has 1 amide bonds. The molecule has 0 bridgehead atoms. The van der Waals surface area contributed by atoms with E-state index in [1.54, 1.807) is 0 Å². The first-order chi connectivity index (χ1) is 12.2. The van der Waals surface area contributed by atoms with Crippen LogP contribution in [0.15, 0.2) is 48.5 Å². The first-order valence-corrected chi connectivity index (χ1v) is 8.95. The van der Waals surface area contributed by atoms with Crippen molar-refractivity contribution in [1.29, 1.82) is 0 Å². The molecule has 5 heteroatoms. The molecule has 0 aliphatic carbocycles. The fraction of sp³-hybridized carbons (Fsp3) is 0.350. The number of ether oxygens (including phenoxy) is 2. The molecule has 1 atom stereocenters. The van der Waals surface area contributed by atoms with E-state index in [2.05, 4.69) is 0 Å². The Morgan fingerprint density at radius 1 is 1.16 bits per heavy atom. The van der Waals surface area contributed by atoms with Gasteiger partial charge in [0.15, 0.2) is 17.6 Å². The lowest BCUT2D eigenvalue weighted by atomic mass is 10.1. The van der Waals surface area contributed by atoms with Crippen LogP contribution in [0.5, 0.6) is 11.5 Å². The van der Waals surface area contributed by atoms with E-state index in [9.17, 15) is 4.79 Å². The molecular weight excluding hydrogens is 338 g/mol. The fourth-order valence-electron chi connectivity index (χ4n) is 2.91. The minimum atomic E-state index is -0.154. The molecule has 0 fully saturated rings. The number of para-hydroxylation sites is 2. The summed E-state index contributed by atoms with van der Waals surface area (Å²) in [4.78, 5) is 14.4. The molecule has 3 rings (SSSR count). The number of benzene rings is 2. The van der Waals surface area contributed by atoms with Crippen molar-refractivity contribution in [2.75, 3.05) is 19.7 Å². The Kier molecular flexibility index (Phi) is 5.82. The number of aryl methyl sites for hydroxylation is 1. The standard InChI is InChI=1S/C20H22ClNO3/c1-2-22(20(23)12-11-15-7-3-4-8-17(15)21)13-16-14-24-18-9-5-6-10-19(18)25-16/h3-10,16H,2,11-14H2,1H3. The van der Waals surface area contributed by atoms with Crippen LogP contribution in [-0.4, -0.2) is 36.6 Å². The molecule has 0 aromatic heterocycles. The number of fused-ring (bicyclic) bond motifs is 1. The highest BCUT2D eigenvalue weighted by Gasteiger charge is 2.24. The number of halogens is 1. The third-order valence-corrected chi connectivity index (χ3v) is 4.66. The van der Waals surface area contributed by atoms with Crippen molar-refractivity contribution in [3.63, 3.8) is 0 Å². The largest absolute Gasteiger partial charge is 0.486 e. The molecule has 1 aliphatic heterocycles. The average Bonchev–Trinajstić information content (AvgIpc) is 2.65. The Morgan fingerprint density at radius 3 is 2.64 bits per heavy atom. The highest BCUT2D eigenvalue weighted by Crippen LogP contribution is 2.31. The third kappa shape index (κ3) is 4.45. The maximum atomic E-state index is 12.6. The quantitative estimate of drug-likeness (QED) is 0.783. The lowest BCUT2D eigenvalue weighted by molar-refractivity contribution is -0.132. The second-order valence-electron chi connectivity index (χ2n) is 6.02. The van der Waals surface area contributed by atoms with Crippen LogP contribution in [-0.2, 0) is 11.2 Å². The maximum absolute atomic E-state index is 12.6. The Balaban J connectivity index is 1.55. The third-order valence-electron chi connectivity index (χ3n) is 4.29. The minimum absolute atomic E-state index is 0.102. The molecule has 0 saturated heterocycles.